The van der Waals surface area contributed by atoms with Gasteiger partial charge in [0.1, 0.15) is 6.26 Å². The van der Waals surface area contributed by atoms with Gasteiger partial charge < -0.3 is 15.1 Å². The van der Waals surface area contributed by atoms with Crippen LogP contribution in [0.3, 0.4) is 0 Å². The highest BCUT2D eigenvalue weighted by Crippen LogP contribution is 2.18. The fourth-order valence-electron chi connectivity index (χ4n) is 2.74. The van der Waals surface area contributed by atoms with E-state index in [1.807, 2.05) is 30.3 Å². The van der Waals surface area contributed by atoms with Crippen LogP contribution >= 0.6 is 0 Å². The number of aromatic nitrogens is 1. The summed E-state index contributed by atoms with van der Waals surface area (Å²) in [5.41, 5.74) is 1.20. The van der Waals surface area contributed by atoms with Crippen molar-refractivity contribution in [3.05, 3.63) is 42.3 Å². The van der Waals surface area contributed by atoms with E-state index >= 15 is 0 Å². The minimum absolute atomic E-state index is 0.172. The highest BCUT2D eigenvalue weighted by atomic mass is 16.3. The number of benzene rings is 1. The number of nitrogens with zero attached hydrogens (tertiary/aromatic N) is 1. The molecule has 0 radical (unpaired) electrons. The van der Waals surface area contributed by atoms with E-state index in [2.05, 4.69) is 15.6 Å². The molecule has 1 saturated heterocycles. The number of nitrogens with one attached hydrogen (secondary N) is 2. The molecule has 1 atom stereocenters. The normalized spacial score (nSPS) is 18.1. The van der Waals surface area contributed by atoms with Gasteiger partial charge in [0.25, 0.3) is 5.91 Å². The van der Waals surface area contributed by atoms with Gasteiger partial charge in [-0.1, -0.05) is 18.2 Å². The molecule has 5 nitrogen and oxygen atoms in total. The summed E-state index contributed by atoms with van der Waals surface area (Å²) in [4.78, 5) is 16.3. The Morgan fingerprint density at radius 2 is 2.23 bits per heavy atom. The number of piperidine rings is 1. The molecule has 1 aliphatic rings. The van der Waals surface area contributed by atoms with Gasteiger partial charge in [-0.15, -0.1) is 0 Å². The lowest BCUT2D eigenvalue weighted by molar-refractivity contribution is 0.0945. The van der Waals surface area contributed by atoms with E-state index in [1.165, 1.54) is 19.1 Å². The van der Waals surface area contributed by atoms with Crippen molar-refractivity contribution >= 4 is 5.91 Å². The first-order valence-corrected chi connectivity index (χ1v) is 7.83. The van der Waals surface area contributed by atoms with E-state index in [0.29, 0.717) is 24.0 Å². The lowest BCUT2D eigenvalue weighted by Crippen LogP contribution is -2.33. The maximum Gasteiger partial charge on any atom is 0.273 e. The van der Waals surface area contributed by atoms with E-state index in [0.717, 1.165) is 25.1 Å². The van der Waals surface area contributed by atoms with Gasteiger partial charge in [0.15, 0.2) is 5.69 Å². The van der Waals surface area contributed by atoms with Gasteiger partial charge in [-0.3, -0.25) is 4.79 Å². The summed E-state index contributed by atoms with van der Waals surface area (Å²) in [6.45, 7) is 2.85. The van der Waals surface area contributed by atoms with Crippen LogP contribution in [0.2, 0.25) is 0 Å². The van der Waals surface area contributed by atoms with Crippen molar-refractivity contribution in [2.24, 2.45) is 5.92 Å². The monoisotopic (exact) mass is 299 g/mol. The fraction of sp³-hybridized carbons (Fsp3) is 0.412. The standard InChI is InChI=1S/C17H21N3O2/c21-16(19-10-8-13-5-4-9-18-11-13)15-12-22-17(20-15)14-6-2-1-3-7-14/h1-3,6-7,12-13,18H,4-5,8-11H2,(H,19,21). The predicted molar refractivity (Wildman–Crippen MR) is 84.5 cm³/mol. The van der Waals surface area contributed by atoms with Gasteiger partial charge in [0, 0.05) is 12.1 Å². The first kappa shape index (κ1) is 14.8. The molecule has 3 rings (SSSR count). The Balaban J connectivity index is 1.51. The fourth-order valence-corrected chi connectivity index (χ4v) is 2.74. The van der Waals surface area contributed by atoms with Crippen LogP contribution in [0.5, 0.6) is 0 Å². The Morgan fingerprint density at radius 1 is 1.36 bits per heavy atom. The maximum absolute atomic E-state index is 12.1. The molecule has 0 aliphatic carbocycles. The van der Waals surface area contributed by atoms with Crippen molar-refractivity contribution in [1.29, 1.82) is 0 Å². The van der Waals surface area contributed by atoms with Gasteiger partial charge in [-0.25, -0.2) is 4.98 Å². The third kappa shape index (κ3) is 3.74. The number of amides is 1. The van der Waals surface area contributed by atoms with Crippen molar-refractivity contribution in [3.63, 3.8) is 0 Å². The zero-order chi connectivity index (χ0) is 15.2. The third-order valence-corrected chi connectivity index (χ3v) is 3.99. The molecular weight excluding hydrogens is 278 g/mol. The lowest BCUT2D eigenvalue weighted by Gasteiger charge is -2.22. The number of carbonyl (C=O) groups excluding carboxylic acids is 1. The van der Waals surface area contributed by atoms with Crippen molar-refractivity contribution in [1.82, 2.24) is 15.6 Å². The average molecular weight is 299 g/mol. The number of rotatable bonds is 5. The van der Waals surface area contributed by atoms with E-state index < -0.39 is 0 Å². The van der Waals surface area contributed by atoms with Crippen molar-refractivity contribution in [2.75, 3.05) is 19.6 Å². The lowest BCUT2D eigenvalue weighted by atomic mass is 9.96. The van der Waals surface area contributed by atoms with Crippen LogP contribution in [0.1, 0.15) is 29.8 Å². The van der Waals surface area contributed by atoms with Crippen molar-refractivity contribution in [3.8, 4) is 11.5 Å². The number of hydrogen-bond acceptors (Lipinski definition) is 4. The zero-order valence-electron chi connectivity index (χ0n) is 12.5. The number of carbonyl (C=O) groups is 1. The second kappa shape index (κ2) is 7.22. The molecule has 5 heteroatoms. The van der Waals surface area contributed by atoms with Gasteiger partial charge in [0.2, 0.25) is 5.89 Å². The Bertz CT molecular complexity index is 603. The molecular formula is C17H21N3O2. The maximum atomic E-state index is 12.1. The van der Waals surface area contributed by atoms with Crippen molar-refractivity contribution < 1.29 is 9.21 Å². The summed E-state index contributed by atoms with van der Waals surface area (Å²) >= 11 is 0. The van der Waals surface area contributed by atoms with E-state index in [-0.39, 0.29) is 5.91 Å². The highest BCUT2D eigenvalue weighted by Gasteiger charge is 2.15. The molecule has 1 amide bonds. The van der Waals surface area contributed by atoms with E-state index in [4.69, 9.17) is 4.42 Å². The Labute approximate surface area is 130 Å². The van der Waals surface area contributed by atoms with Gasteiger partial charge in [0.05, 0.1) is 0 Å². The predicted octanol–water partition coefficient (Wildman–Crippen LogP) is 2.46. The molecule has 22 heavy (non-hydrogen) atoms. The topological polar surface area (TPSA) is 67.2 Å². The van der Waals surface area contributed by atoms with E-state index in [1.54, 1.807) is 0 Å². The quantitative estimate of drug-likeness (QED) is 0.890. The van der Waals surface area contributed by atoms with Crippen LogP contribution in [0.25, 0.3) is 11.5 Å². The Kier molecular flexibility index (Phi) is 4.85. The van der Waals surface area contributed by atoms with Gasteiger partial charge >= 0.3 is 0 Å². The number of hydrogen-bond donors (Lipinski definition) is 2. The molecule has 1 aliphatic heterocycles. The second-order valence-electron chi connectivity index (χ2n) is 5.66. The molecule has 116 valence electrons. The minimum Gasteiger partial charge on any atom is -0.444 e. The molecule has 0 saturated carbocycles. The molecule has 2 N–H and O–H groups in total. The van der Waals surface area contributed by atoms with Crippen molar-refractivity contribution in [2.45, 2.75) is 19.3 Å². The SMILES string of the molecule is O=C(NCCC1CCCNC1)c1coc(-c2ccccc2)n1. The Morgan fingerprint density at radius 3 is 3.00 bits per heavy atom. The first-order valence-electron chi connectivity index (χ1n) is 7.83. The van der Waals surface area contributed by atoms with Gasteiger partial charge in [-0.05, 0) is 50.4 Å². The molecule has 1 aromatic carbocycles. The average Bonchev–Trinajstić information content (AvgIpc) is 3.07. The highest BCUT2D eigenvalue weighted by molar-refractivity contribution is 5.92. The van der Waals surface area contributed by atoms with Crippen LogP contribution < -0.4 is 10.6 Å². The summed E-state index contributed by atoms with van der Waals surface area (Å²) in [7, 11) is 0. The molecule has 2 aromatic rings. The first-order chi connectivity index (χ1) is 10.8. The summed E-state index contributed by atoms with van der Waals surface area (Å²) in [5, 5.41) is 6.31. The molecule has 2 heterocycles. The molecule has 0 spiro atoms. The van der Waals surface area contributed by atoms with Gasteiger partial charge in [-0.2, -0.15) is 0 Å². The second-order valence-corrected chi connectivity index (χ2v) is 5.66. The summed E-state index contributed by atoms with van der Waals surface area (Å²) in [6.07, 6.45) is 4.88. The molecule has 1 unspecified atom stereocenters. The smallest absolute Gasteiger partial charge is 0.273 e. The van der Waals surface area contributed by atoms with Crippen LogP contribution in [0, 0.1) is 5.92 Å². The largest absolute Gasteiger partial charge is 0.444 e. The summed E-state index contributed by atoms with van der Waals surface area (Å²) < 4.78 is 5.39. The van der Waals surface area contributed by atoms with Crippen LogP contribution in [-0.2, 0) is 0 Å². The van der Waals surface area contributed by atoms with Crippen LogP contribution in [-0.4, -0.2) is 30.5 Å². The molecule has 0 bridgehead atoms. The molecule has 1 aromatic heterocycles. The van der Waals surface area contributed by atoms with Crippen LogP contribution in [0.4, 0.5) is 0 Å². The number of oxazole rings is 1. The van der Waals surface area contributed by atoms with Crippen LogP contribution in [0.15, 0.2) is 41.0 Å². The third-order valence-electron chi connectivity index (χ3n) is 3.99. The Hall–Kier alpha value is -2.14. The summed E-state index contributed by atoms with van der Waals surface area (Å²) in [5.74, 6) is 0.961. The summed E-state index contributed by atoms with van der Waals surface area (Å²) in [6, 6.07) is 9.57. The van der Waals surface area contributed by atoms with E-state index in [9.17, 15) is 4.79 Å². The molecule has 1 fully saturated rings. The minimum atomic E-state index is -0.172. The zero-order valence-corrected chi connectivity index (χ0v) is 12.5.